The van der Waals surface area contributed by atoms with Crippen LogP contribution in [0.25, 0.3) is 0 Å². The van der Waals surface area contributed by atoms with Gasteiger partial charge < -0.3 is 20.1 Å². The first-order chi connectivity index (χ1) is 10.1. The Labute approximate surface area is 136 Å². The first-order valence-corrected chi connectivity index (χ1v) is 6.93. The maximum atomic E-state index is 12.1. The van der Waals surface area contributed by atoms with Gasteiger partial charge in [-0.2, -0.15) is 0 Å². The van der Waals surface area contributed by atoms with Gasteiger partial charge in [-0.15, -0.1) is 12.4 Å². The number of halogens is 1. The molecule has 6 nitrogen and oxygen atoms in total. The lowest BCUT2D eigenvalue weighted by Crippen LogP contribution is -2.28. The Balaban J connectivity index is 0.00000242. The van der Waals surface area contributed by atoms with Crippen LogP contribution in [0.1, 0.15) is 29.6 Å². The van der Waals surface area contributed by atoms with Crippen LogP contribution in [0, 0.1) is 0 Å². The molecular formula is C15H21ClN2O4. The van der Waals surface area contributed by atoms with Crippen LogP contribution >= 0.6 is 12.4 Å². The smallest absolute Gasteiger partial charge is 0.340 e. The molecule has 122 valence electrons. The Morgan fingerprint density at radius 3 is 2.73 bits per heavy atom. The fourth-order valence-corrected chi connectivity index (χ4v) is 2.39. The van der Waals surface area contributed by atoms with Gasteiger partial charge in [0.2, 0.25) is 5.91 Å². The molecule has 0 bridgehead atoms. The molecule has 1 unspecified atom stereocenters. The Kier molecular flexibility index (Phi) is 7.14. The summed E-state index contributed by atoms with van der Waals surface area (Å²) in [6.07, 6.45) is 2.49. The Morgan fingerprint density at radius 1 is 1.36 bits per heavy atom. The predicted octanol–water partition coefficient (Wildman–Crippen LogP) is 1.98. The first kappa shape index (κ1) is 18.3. The fraction of sp³-hybridized carbons (Fsp3) is 0.467. The lowest BCUT2D eigenvalue weighted by atomic mass is 10.1. The van der Waals surface area contributed by atoms with Gasteiger partial charge in [0.1, 0.15) is 5.75 Å². The molecule has 1 aromatic rings. The monoisotopic (exact) mass is 328 g/mol. The molecule has 1 heterocycles. The SMILES string of the molecule is COC(=O)c1cc(OC)ccc1NC(=O)CC1CCCN1.Cl. The van der Waals surface area contributed by atoms with Crippen molar-refractivity contribution in [2.24, 2.45) is 0 Å². The van der Waals surface area contributed by atoms with E-state index in [1.54, 1.807) is 18.2 Å². The highest BCUT2D eigenvalue weighted by Gasteiger charge is 2.20. The molecule has 0 saturated carbocycles. The van der Waals surface area contributed by atoms with Gasteiger partial charge in [-0.05, 0) is 37.6 Å². The molecule has 0 aromatic heterocycles. The van der Waals surface area contributed by atoms with E-state index in [2.05, 4.69) is 10.6 Å². The largest absolute Gasteiger partial charge is 0.497 e. The molecule has 1 aromatic carbocycles. The number of esters is 1. The zero-order valence-corrected chi connectivity index (χ0v) is 13.5. The van der Waals surface area contributed by atoms with E-state index in [0.29, 0.717) is 17.9 Å². The molecule has 1 aliphatic rings. The quantitative estimate of drug-likeness (QED) is 0.808. The number of amides is 1. The van der Waals surface area contributed by atoms with Crippen LogP contribution in [0.3, 0.4) is 0 Å². The van der Waals surface area contributed by atoms with Crippen LogP contribution in [0.2, 0.25) is 0 Å². The first-order valence-electron chi connectivity index (χ1n) is 6.93. The Hall–Kier alpha value is -1.79. The van der Waals surface area contributed by atoms with Crippen molar-refractivity contribution in [3.63, 3.8) is 0 Å². The zero-order valence-electron chi connectivity index (χ0n) is 12.7. The van der Waals surface area contributed by atoms with Crippen molar-refractivity contribution in [2.75, 3.05) is 26.1 Å². The molecule has 1 aliphatic heterocycles. The van der Waals surface area contributed by atoms with Crippen molar-refractivity contribution < 1.29 is 19.1 Å². The van der Waals surface area contributed by atoms with E-state index >= 15 is 0 Å². The summed E-state index contributed by atoms with van der Waals surface area (Å²) >= 11 is 0. The lowest BCUT2D eigenvalue weighted by Gasteiger charge is -2.13. The summed E-state index contributed by atoms with van der Waals surface area (Å²) < 4.78 is 9.82. The minimum atomic E-state index is -0.511. The highest BCUT2D eigenvalue weighted by Crippen LogP contribution is 2.23. The van der Waals surface area contributed by atoms with Gasteiger partial charge in [0, 0.05) is 12.5 Å². The van der Waals surface area contributed by atoms with Crippen LogP contribution in [0.4, 0.5) is 5.69 Å². The summed E-state index contributed by atoms with van der Waals surface area (Å²) in [5, 5.41) is 6.04. The highest BCUT2D eigenvalue weighted by molar-refractivity contribution is 6.01. The molecule has 2 rings (SSSR count). The van der Waals surface area contributed by atoms with E-state index in [1.165, 1.54) is 14.2 Å². The van der Waals surface area contributed by atoms with Gasteiger partial charge in [-0.1, -0.05) is 0 Å². The van der Waals surface area contributed by atoms with Crippen molar-refractivity contribution >= 4 is 30.0 Å². The number of carbonyl (C=O) groups excluding carboxylic acids is 2. The average Bonchev–Trinajstić information content (AvgIpc) is 2.99. The second-order valence-corrected chi connectivity index (χ2v) is 4.95. The fourth-order valence-electron chi connectivity index (χ4n) is 2.39. The average molecular weight is 329 g/mol. The zero-order chi connectivity index (χ0) is 15.2. The molecule has 22 heavy (non-hydrogen) atoms. The molecule has 0 spiro atoms. The summed E-state index contributed by atoms with van der Waals surface area (Å²) in [4.78, 5) is 23.8. The number of methoxy groups -OCH3 is 2. The minimum Gasteiger partial charge on any atom is -0.497 e. The van der Waals surface area contributed by atoms with Crippen molar-refractivity contribution in [1.29, 1.82) is 0 Å². The number of nitrogens with one attached hydrogen (secondary N) is 2. The third kappa shape index (κ3) is 4.61. The van der Waals surface area contributed by atoms with E-state index in [9.17, 15) is 9.59 Å². The summed E-state index contributed by atoms with van der Waals surface area (Å²) in [6, 6.07) is 5.10. The number of hydrogen-bond donors (Lipinski definition) is 2. The molecule has 1 amide bonds. The molecule has 0 aliphatic carbocycles. The van der Waals surface area contributed by atoms with Crippen LogP contribution in [-0.2, 0) is 9.53 Å². The standard InChI is InChI=1S/C15H20N2O4.ClH/c1-20-11-5-6-13(12(9-11)15(19)21-2)17-14(18)8-10-4-3-7-16-10;/h5-6,9-10,16H,3-4,7-8H2,1-2H3,(H,17,18);1H. The number of ether oxygens (including phenoxy) is 2. The molecule has 1 fully saturated rings. The second-order valence-electron chi connectivity index (χ2n) is 4.95. The van der Waals surface area contributed by atoms with Crippen molar-refractivity contribution in [3.05, 3.63) is 23.8 Å². The number of benzene rings is 1. The lowest BCUT2D eigenvalue weighted by molar-refractivity contribution is -0.116. The molecule has 7 heteroatoms. The third-order valence-electron chi connectivity index (χ3n) is 3.50. The Morgan fingerprint density at radius 2 is 2.14 bits per heavy atom. The summed E-state index contributed by atoms with van der Waals surface area (Å²) in [7, 11) is 2.82. The highest BCUT2D eigenvalue weighted by atomic mass is 35.5. The summed E-state index contributed by atoms with van der Waals surface area (Å²) in [6.45, 7) is 0.952. The molecule has 0 radical (unpaired) electrons. The van der Waals surface area contributed by atoms with Crippen LogP contribution in [0.5, 0.6) is 5.75 Å². The van der Waals surface area contributed by atoms with Gasteiger partial charge in [-0.3, -0.25) is 4.79 Å². The topological polar surface area (TPSA) is 76.7 Å². The minimum absolute atomic E-state index is 0. The van der Waals surface area contributed by atoms with E-state index in [-0.39, 0.29) is 29.9 Å². The predicted molar refractivity (Wildman–Crippen MR) is 85.9 cm³/mol. The molecular weight excluding hydrogens is 308 g/mol. The maximum Gasteiger partial charge on any atom is 0.340 e. The molecule has 1 atom stereocenters. The van der Waals surface area contributed by atoms with Gasteiger partial charge in [0.15, 0.2) is 0 Å². The van der Waals surface area contributed by atoms with Gasteiger partial charge in [0.05, 0.1) is 25.5 Å². The number of carbonyl (C=O) groups is 2. The van der Waals surface area contributed by atoms with Crippen LogP contribution < -0.4 is 15.4 Å². The van der Waals surface area contributed by atoms with Crippen molar-refractivity contribution in [2.45, 2.75) is 25.3 Å². The van der Waals surface area contributed by atoms with E-state index in [1.807, 2.05) is 0 Å². The molecule has 1 saturated heterocycles. The summed E-state index contributed by atoms with van der Waals surface area (Å²) in [5.41, 5.74) is 0.718. The third-order valence-corrected chi connectivity index (χ3v) is 3.50. The van der Waals surface area contributed by atoms with Crippen molar-refractivity contribution in [1.82, 2.24) is 5.32 Å². The van der Waals surface area contributed by atoms with Gasteiger partial charge in [0.25, 0.3) is 0 Å². The number of anilines is 1. The van der Waals surface area contributed by atoms with E-state index in [0.717, 1.165) is 19.4 Å². The second kappa shape index (κ2) is 8.60. The normalized spacial score (nSPS) is 16.5. The van der Waals surface area contributed by atoms with E-state index in [4.69, 9.17) is 9.47 Å². The van der Waals surface area contributed by atoms with Crippen LogP contribution in [-0.4, -0.2) is 38.7 Å². The number of hydrogen-bond acceptors (Lipinski definition) is 5. The Bertz CT molecular complexity index is 530. The van der Waals surface area contributed by atoms with Crippen molar-refractivity contribution in [3.8, 4) is 5.75 Å². The molecule has 2 N–H and O–H groups in total. The van der Waals surface area contributed by atoms with Gasteiger partial charge in [-0.25, -0.2) is 4.79 Å². The van der Waals surface area contributed by atoms with Gasteiger partial charge >= 0.3 is 5.97 Å². The maximum absolute atomic E-state index is 12.1. The number of rotatable bonds is 5. The summed E-state index contributed by atoms with van der Waals surface area (Å²) in [5.74, 6) is -0.0984. The van der Waals surface area contributed by atoms with E-state index < -0.39 is 5.97 Å². The van der Waals surface area contributed by atoms with Crippen LogP contribution in [0.15, 0.2) is 18.2 Å².